The monoisotopic (exact) mass is 299 g/mol. The van der Waals surface area contributed by atoms with Gasteiger partial charge in [-0.2, -0.15) is 5.10 Å². The standard InChI is InChI=1S/C14H13N5OS/c1-9-5-12(19-18-9)17-13(20)6-11-8-21-14(16-11)10-3-2-4-15-7-10/h2-5,7-8H,6H2,1H3,(H2,17,18,19,20). The Hall–Kier alpha value is -2.54. The number of aromatic nitrogens is 4. The van der Waals surface area contributed by atoms with Gasteiger partial charge < -0.3 is 5.32 Å². The molecular formula is C14H13N5OS. The molecule has 0 radical (unpaired) electrons. The molecule has 21 heavy (non-hydrogen) atoms. The Labute approximate surface area is 125 Å². The lowest BCUT2D eigenvalue weighted by Crippen LogP contribution is -2.14. The first-order valence-corrected chi connectivity index (χ1v) is 7.25. The lowest BCUT2D eigenvalue weighted by molar-refractivity contribution is -0.115. The molecule has 3 aromatic rings. The van der Waals surface area contributed by atoms with E-state index >= 15 is 0 Å². The summed E-state index contributed by atoms with van der Waals surface area (Å²) in [7, 11) is 0. The molecule has 106 valence electrons. The Morgan fingerprint density at radius 3 is 3.10 bits per heavy atom. The van der Waals surface area contributed by atoms with Crippen LogP contribution in [-0.4, -0.2) is 26.1 Å². The van der Waals surface area contributed by atoms with Crippen molar-refractivity contribution in [3.8, 4) is 10.6 Å². The fourth-order valence-corrected chi connectivity index (χ4v) is 2.65. The number of nitrogens with zero attached hydrogens (tertiary/aromatic N) is 3. The molecule has 3 aromatic heterocycles. The highest BCUT2D eigenvalue weighted by atomic mass is 32.1. The van der Waals surface area contributed by atoms with Gasteiger partial charge in [0, 0.05) is 35.1 Å². The second-order valence-corrected chi connectivity index (χ2v) is 5.40. The van der Waals surface area contributed by atoms with Crippen LogP contribution in [0.3, 0.4) is 0 Å². The van der Waals surface area contributed by atoms with E-state index in [2.05, 4.69) is 25.5 Å². The predicted molar refractivity (Wildman–Crippen MR) is 81.0 cm³/mol. The van der Waals surface area contributed by atoms with Gasteiger partial charge in [-0.05, 0) is 19.1 Å². The third kappa shape index (κ3) is 3.32. The van der Waals surface area contributed by atoms with Gasteiger partial charge in [-0.15, -0.1) is 11.3 Å². The van der Waals surface area contributed by atoms with Crippen LogP contribution in [0.2, 0.25) is 0 Å². The number of H-pyrrole nitrogens is 1. The van der Waals surface area contributed by atoms with E-state index in [1.54, 1.807) is 18.5 Å². The van der Waals surface area contributed by atoms with Crippen molar-refractivity contribution in [2.24, 2.45) is 0 Å². The van der Waals surface area contributed by atoms with E-state index in [-0.39, 0.29) is 12.3 Å². The van der Waals surface area contributed by atoms with Gasteiger partial charge in [0.15, 0.2) is 5.82 Å². The Morgan fingerprint density at radius 2 is 2.38 bits per heavy atom. The number of aromatic amines is 1. The van der Waals surface area contributed by atoms with Gasteiger partial charge in [0.2, 0.25) is 5.91 Å². The zero-order valence-corrected chi connectivity index (χ0v) is 12.1. The number of rotatable bonds is 4. The van der Waals surface area contributed by atoms with Crippen molar-refractivity contribution in [2.75, 3.05) is 5.32 Å². The third-order valence-corrected chi connectivity index (χ3v) is 3.72. The van der Waals surface area contributed by atoms with E-state index < -0.39 is 0 Å². The number of nitrogens with one attached hydrogen (secondary N) is 2. The average Bonchev–Trinajstić information content (AvgIpc) is 3.09. The maximum absolute atomic E-state index is 11.9. The molecule has 0 unspecified atom stereocenters. The van der Waals surface area contributed by atoms with Crippen LogP contribution in [0.15, 0.2) is 36.0 Å². The SMILES string of the molecule is Cc1cc(NC(=O)Cc2csc(-c3cccnc3)n2)n[nH]1. The maximum atomic E-state index is 11.9. The van der Waals surface area contributed by atoms with E-state index in [0.717, 1.165) is 22.0 Å². The van der Waals surface area contributed by atoms with Crippen molar-refractivity contribution in [1.29, 1.82) is 0 Å². The fourth-order valence-electron chi connectivity index (χ4n) is 1.84. The number of amides is 1. The Morgan fingerprint density at radius 1 is 1.48 bits per heavy atom. The Bertz CT molecular complexity index is 750. The highest BCUT2D eigenvalue weighted by Gasteiger charge is 2.10. The van der Waals surface area contributed by atoms with Crippen LogP contribution >= 0.6 is 11.3 Å². The first-order chi connectivity index (χ1) is 10.2. The molecule has 0 aliphatic carbocycles. The van der Waals surface area contributed by atoms with Crippen LogP contribution < -0.4 is 5.32 Å². The second-order valence-electron chi connectivity index (χ2n) is 4.55. The normalized spacial score (nSPS) is 10.5. The number of anilines is 1. The molecule has 0 spiro atoms. The molecule has 0 saturated heterocycles. The Kier molecular flexibility index (Phi) is 3.74. The molecule has 3 rings (SSSR count). The van der Waals surface area contributed by atoms with Gasteiger partial charge in [-0.3, -0.25) is 14.9 Å². The lowest BCUT2D eigenvalue weighted by atomic mass is 10.3. The van der Waals surface area contributed by atoms with Crippen molar-refractivity contribution < 1.29 is 4.79 Å². The second kappa shape index (κ2) is 5.84. The van der Waals surface area contributed by atoms with E-state index in [9.17, 15) is 4.79 Å². The summed E-state index contributed by atoms with van der Waals surface area (Å²) in [4.78, 5) is 20.4. The van der Waals surface area contributed by atoms with E-state index in [0.29, 0.717) is 5.82 Å². The van der Waals surface area contributed by atoms with Gasteiger partial charge >= 0.3 is 0 Å². The van der Waals surface area contributed by atoms with Gasteiger partial charge in [-0.25, -0.2) is 4.98 Å². The third-order valence-electron chi connectivity index (χ3n) is 2.78. The Balaban J connectivity index is 1.66. The maximum Gasteiger partial charge on any atom is 0.231 e. The molecule has 6 nitrogen and oxygen atoms in total. The van der Waals surface area contributed by atoms with E-state index in [4.69, 9.17) is 0 Å². The molecule has 0 aliphatic heterocycles. The van der Waals surface area contributed by atoms with Gasteiger partial charge in [0.25, 0.3) is 0 Å². The van der Waals surface area contributed by atoms with Crippen molar-refractivity contribution in [2.45, 2.75) is 13.3 Å². The molecule has 1 amide bonds. The van der Waals surface area contributed by atoms with Crippen LogP contribution in [0.4, 0.5) is 5.82 Å². The molecule has 3 heterocycles. The number of pyridine rings is 1. The first kappa shape index (κ1) is 13.4. The molecular weight excluding hydrogens is 286 g/mol. The van der Waals surface area contributed by atoms with Crippen LogP contribution in [0.5, 0.6) is 0 Å². The molecule has 0 aromatic carbocycles. The number of hydrogen-bond donors (Lipinski definition) is 2. The smallest absolute Gasteiger partial charge is 0.231 e. The number of aryl methyl sites for hydroxylation is 1. The number of hydrogen-bond acceptors (Lipinski definition) is 5. The van der Waals surface area contributed by atoms with Crippen molar-refractivity contribution in [1.82, 2.24) is 20.2 Å². The zero-order valence-electron chi connectivity index (χ0n) is 11.3. The van der Waals surface area contributed by atoms with Crippen molar-refractivity contribution >= 4 is 23.1 Å². The highest BCUT2D eigenvalue weighted by molar-refractivity contribution is 7.13. The summed E-state index contributed by atoms with van der Waals surface area (Å²) in [5.41, 5.74) is 2.60. The van der Waals surface area contributed by atoms with Gasteiger partial charge in [-0.1, -0.05) is 0 Å². The van der Waals surface area contributed by atoms with Crippen LogP contribution in [0.1, 0.15) is 11.4 Å². The van der Waals surface area contributed by atoms with Crippen LogP contribution in [0, 0.1) is 6.92 Å². The molecule has 0 saturated carbocycles. The molecule has 2 N–H and O–H groups in total. The summed E-state index contributed by atoms with van der Waals surface area (Å²) in [5.74, 6) is 0.393. The quantitative estimate of drug-likeness (QED) is 0.775. The molecule has 0 aliphatic rings. The summed E-state index contributed by atoms with van der Waals surface area (Å²) in [6.07, 6.45) is 3.70. The summed E-state index contributed by atoms with van der Waals surface area (Å²) in [5, 5.41) is 12.2. The minimum atomic E-state index is -0.135. The van der Waals surface area contributed by atoms with Crippen molar-refractivity contribution in [3.05, 3.63) is 47.4 Å². The molecule has 0 fully saturated rings. The minimum Gasteiger partial charge on any atom is -0.309 e. The number of thiazole rings is 1. The summed E-state index contributed by atoms with van der Waals surface area (Å²) < 4.78 is 0. The molecule has 7 heteroatoms. The topological polar surface area (TPSA) is 83.6 Å². The highest BCUT2D eigenvalue weighted by Crippen LogP contribution is 2.22. The van der Waals surface area contributed by atoms with Crippen LogP contribution in [0.25, 0.3) is 10.6 Å². The van der Waals surface area contributed by atoms with Crippen molar-refractivity contribution in [3.63, 3.8) is 0 Å². The van der Waals surface area contributed by atoms with E-state index in [1.165, 1.54) is 11.3 Å². The average molecular weight is 299 g/mol. The fraction of sp³-hybridized carbons (Fsp3) is 0.143. The van der Waals surface area contributed by atoms with Crippen LogP contribution in [-0.2, 0) is 11.2 Å². The lowest BCUT2D eigenvalue weighted by Gasteiger charge is -1.99. The zero-order chi connectivity index (χ0) is 14.7. The molecule has 0 bridgehead atoms. The first-order valence-electron chi connectivity index (χ1n) is 6.37. The largest absolute Gasteiger partial charge is 0.309 e. The van der Waals surface area contributed by atoms with Gasteiger partial charge in [0.1, 0.15) is 5.01 Å². The summed E-state index contributed by atoms with van der Waals surface area (Å²) in [6, 6.07) is 5.59. The van der Waals surface area contributed by atoms with Gasteiger partial charge in [0.05, 0.1) is 12.1 Å². The van der Waals surface area contributed by atoms with E-state index in [1.807, 2.05) is 24.4 Å². The summed E-state index contributed by atoms with van der Waals surface area (Å²) >= 11 is 1.50. The number of carbonyl (C=O) groups is 1. The number of carbonyl (C=O) groups excluding carboxylic acids is 1. The predicted octanol–water partition coefficient (Wildman–Crippen LogP) is 2.42. The summed E-state index contributed by atoms with van der Waals surface area (Å²) in [6.45, 7) is 1.88. The minimum absolute atomic E-state index is 0.135. The molecule has 0 atom stereocenters.